The minimum atomic E-state index is -1.25. The lowest BCUT2D eigenvalue weighted by molar-refractivity contribution is -0.129. The maximum absolute atomic E-state index is 14.0. The van der Waals surface area contributed by atoms with Gasteiger partial charge in [0.15, 0.2) is 17.4 Å². The van der Waals surface area contributed by atoms with Crippen molar-refractivity contribution in [2.75, 3.05) is 20.6 Å². The number of hydrogen-bond donors (Lipinski definition) is 3. The van der Waals surface area contributed by atoms with E-state index >= 15 is 0 Å². The molecule has 2 aromatic rings. The maximum Gasteiger partial charge on any atom is 0.256 e. The number of ketones is 1. The van der Waals surface area contributed by atoms with Gasteiger partial charge in [0.05, 0.1) is 11.4 Å². The first kappa shape index (κ1) is 19.6. The fourth-order valence-electron chi connectivity index (χ4n) is 3.90. The van der Waals surface area contributed by atoms with E-state index < -0.39 is 28.8 Å². The van der Waals surface area contributed by atoms with Crippen LogP contribution in [0.5, 0.6) is 0 Å². The summed E-state index contributed by atoms with van der Waals surface area (Å²) in [5.41, 5.74) is 5.34. The lowest BCUT2D eigenvalue weighted by atomic mass is 9.75. The van der Waals surface area contributed by atoms with Crippen LogP contribution in [0, 0.1) is 17.6 Å². The number of nitrogens with zero attached hydrogens (tertiary/aromatic N) is 1. The van der Waals surface area contributed by atoms with Crippen molar-refractivity contribution in [1.29, 1.82) is 0 Å². The molecule has 0 unspecified atom stereocenters. The van der Waals surface area contributed by atoms with Crippen LogP contribution in [0.1, 0.15) is 25.1 Å². The van der Waals surface area contributed by atoms with Crippen LogP contribution in [0.4, 0.5) is 8.78 Å². The maximum atomic E-state index is 14.0. The number of benzene rings is 1. The molecule has 1 aliphatic rings. The molecule has 2 heterocycles. The van der Waals surface area contributed by atoms with Crippen LogP contribution in [-0.4, -0.2) is 42.3 Å². The Labute approximate surface area is 155 Å². The van der Waals surface area contributed by atoms with Gasteiger partial charge < -0.3 is 16.0 Å². The average Bonchev–Trinajstić information content (AvgIpc) is 2.61. The third kappa shape index (κ3) is 2.97. The topological polar surface area (TPSA) is 91.2 Å². The zero-order valence-corrected chi connectivity index (χ0v) is 15.8. The summed E-state index contributed by atoms with van der Waals surface area (Å²) in [5.74, 6) is -2.55. The van der Waals surface area contributed by atoms with Gasteiger partial charge in [0.25, 0.3) is 5.56 Å². The summed E-state index contributed by atoms with van der Waals surface area (Å²) >= 11 is 0. The molecular formula is C19H24F2N4O2. The minimum absolute atomic E-state index is 0.00254. The monoisotopic (exact) mass is 378 g/mol. The van der Waals surface area contributed by atoms with Gasteiger partial charge in [-0.15, -0.1) is 0 Å². The number of likely N-dealkylation sites (N-methyl/N-ethyl adjacent to an activating group) is 2. The Balaban J connectivity index is 2.41. The molecule has 146 valence electrons. The van der Waals surface area contributed by atoms with E-state index in [1.165, 1.54) is 0 Å². The SMILES string of the molecule is CN[C@@]1(C(=O)[C@@H](N)C(C)C)CN(C)Cc2[nH]c(=O)c3cc(F)c(F)cc3c21. The first-order valence-corrected chi connectivity index (χ1v) is 8.84. The normalized spacial score (nSPS) is 21.5. The zero-order valence-electron chi connectivity index (χ0n) is 15.8. The number of H-pyrrole nitrogens is 1. The smallest absolute Gasteiger partial charge is 0.256 e. The van der Waals surface area contributed by atoms with E-state index in [9.17, 15) is 18.4 Å². The number of nitrogens with one attached hydrogen (secondary N) is 2. The number of carbonyl (C=O) groups is 1. The van der Waals surface area contributed by atoms with Gasteiger partial charge in [0.2, 0.25) is 0 Å². The average molecular weight is 378 g/mol. The summed E-state index contributed by atoms with van der Waals surface area (Å²) in [7, 11) is 3.45. The summed E-state index contributed by atoms with van der Waals surface area (Å²) < 4.78 is 27.8. The van der Waals surface area contributed by atoms with Crippen LogP contribution in [-0.2, 0) is 16.9 Å². The highest BCUT2D eigenvalue weighted by atomic mass is 19.2. The standard InChI is InChI=1S/C19H24F2N4O2/c1-9(2)16(22)17(26)19(23-3)8-25(4)7-14-15(19)10-5-12(20)13(21)6-11(10)18(27)24-14/h5-6,9,16,23H,7-8,22H2,1-4H3,(H,24,27)/t16-,19-/m0/s1. The highest BCUT2D eigenvalue weighted by Crippen LogP contribution is 2.37. The molecule has 8 heteroatoms. The number of pyridine rings is 1. The molecule has 0 saturated carbocycles. The second kappa shape index (κ2) is 6.78. The Hall–Kier alpha value is -2.16. The Morgan fingerprint density at radius 1 is 1.30 bits per heavy atom. The first-order chi connectivity index (χ1) is 12.6. The van der Waals surface area contributed by atoms with Gasteiger partial charge in [-0.3, -0.25) is 14.5 Å². The van der Waals surface area contributed by atoms with Crippen molar-refractivity contribution >= 4 is 16.6 Å². The molecule has 0 fully saturated rings. The van der Waals surface area contributed by atoms with Crippen LogP contribution >= 0.6 is 0 Å². The molecule has 6 nitrogen and oxygen atoms in total. The number of aromatic amines is 1. The van der Waals surface area contributed by atoms with E-state index in [2.05, 4.69) is 10.3 Å². The van der Waals surface area contributed by atoms with E-state index in [0.717, 1.165) is 12.1 Å². The number of nitrogens with two attached hydrogens (primary N) is 1. The molecule has 4 N–H and O–H groups in total. The van der Waals surface area contributed by atoms with Crippen LogP contribution in [0.2, 0.25) is 0 Å². The minimum Gasteiger partial charge on any atom is -0.324 e. The van der Waals surface area contributed by atoms with Gasteiger partial charge in [-0.25, -0.2) is 8.78 Å². The van der Waals surface area contributed by atoms with Gasteiger partial charge in [0.1, 0.15) is 5.54 Å². The number of rotatable bonds is 4. The van der Waals surface area contributed by atoms with Gasteiger partial charge in [-0.05, 0) is 37.5 Å². The first-order valence-electron chi connectivity index (χ1n) is 8.84. The third-order valence-corrected chi connectivity index (χ3v) is 5.37. The van der Waals surface area contributed by atoms with Crippen molar-refractivity contribution < 1.29 is 13.6 Å². The lowest BCUT2D eigenvalue weighted by Gasteiger charge is -2.43. The van der Waals surface area contributed by atoms with Crippen LogP contribution in [0.3, 0.4) is 0 Å². The Kier molecular flexibility index (Phi) is 4.92. The fraction of sp³-hybridized carbons (Fsp3) is 0.474. The number of aromatic nitrogens is 1. The Morgan fingerprint density at radius 2 is 1.89 bits per heavy atom. The molecule has 3 rings (SSSR count). The quantitative estimate of drug-likeness (QED) is 0.744. The van der Waals surface area contributed by atoms with Crippen LogP contribution in [0.15, 0.2) is 16.9 Å². The van der Waals surface area contributed by atoms with Crippen molar-refractivity contribution in [3.8, 4) is 0 Å². The van der Waals surface area contributed by atoms with Gasteiger partial charge >= 0.3 is 0 Å². The molecule has 0 amide bonds. The molecule has 27 heavy (non-hydrogen) atoms. The van der Waals surface area contributed by atoms with Crippen molar-refractivity contribution in [3.63, 3.8) is 0 Å². The second-order valence-corrected chi connectivity index (χ2v) is 7.58. The Bertz CT molecular complexity index is 972. The third-order valence-electron chi connectivity index (χ3n) is 5.37. The number of hydrogen-bond acceptors (Lipinski definition) is 5. The zero-order chi connectivity index (χ0) is 20.1. The Morgan fingerprint density at radius 3 is 2.44 bits per heavy atom. The summed E-state index contributed by atoms with van der Waals surface area (Å²) in [6.45, 7) is 4.35. The highest BCUT2D eigenvalue weighted by Gasteiger charge is 2.48. The van der Waals surface area contributed by atoms with Crippen molar-refractivity contribution in [2.45, 2.75) is 32.0 Å². The number of carbonyl (C=O) groups excluding carboxylic acids is 1. The fourth-order valence-corrected chi connectivity index (χ4v) is 3.90. The van der Waals surface area contributed by atoms with E-state index in [4.69, 9.17) is 5.73 Å². The number of Topliss-reactive ketones (excluding diaryl/α,β-unsaturated/α-hetero) is 1. The summed E-state index contributed by atoms with van der Waals surface area (Å²) in [5, 5.41) is 3.30. The molecule has 1 aliphatic heterocycles. The van der Waals surface area contributed by atoms with Crippen molar-refractivity contribution in [3.05, 3.63) is 45.4 Å². The highest BCUT2D eigenvalue weighted by molar-refractivity contribution is 6.00. The molecule has 0 saturated heterocycles. The van der Waals surface area contributed by atoms with E-state index in [-0.39, 0.29) is 29.0 Å². The molecule has 0 spiro atoms. The number of halogens is 2. The molecular weight excluding hydrogens is 354 g/mol. The van der Waals surface area contributed by atoms with Crippen molar-refractivity contribution in [2.24, 2.45) is 11.7 Å². The molecule has 1 aromatic heterocycles. The summed E-state index contributed by atoms with van der Waals surface area (Å²) in [4.78, 5) is 30.5. The lowest BCUT2D eigenvalue weighted by Crippen LogP contribution is -2.62. The van der Waals surface area contributed by atoms with Gasteiger partial charge in [-0.2, -0.15) is 0 Å². The predicted molar refractivity (Wildman–Crippen MR) is 99.4 cm³/mol. The molecule has 2 atom stereocenters. The van der Waals surface area contributed by atoms with Crippen LogP contribution in [0.25, 0.3) is 10.8 Å². The molecule has 0 bridgehead atoms. The molecule has 0 aliphatic carbocycles. The number of fused-ring (bicyclic) bond motifs is 3. The van der Waals surface area contributed by atoms with E-state index in [1.54, 1.807) is 7.05 Å². The second-order valence-electron chi connectivity index (χ2n) is 7.58. The van der Waals surface area contributed by atoms with E-state index in [1.807, 2.05) is 25.8 Å². The largest absolute Gasteiger partial charge is 0.324 e. The van der Waals surface area contributed by atoms with Gasteiger partial charge in [-0.1, -0.05) is 13.8 Å². The van der Waals surface area contributed by atoms with Crippen LogP contribution < -0.4 is 16.6 Å². The van der Waals surface area contributed by atoms with E-state index in [0.29, 0.717) is 17.8 Å². The van der Waals surface area contributed by atoms with Gasteiger partial charge in [0, 0.05) is 24.3 Å². The predicted octanol–water partition coefficient (Wildman–Crippen LogP) is 1.22. The van der Waals surface area contributed by atoms with Crippen molar-refractivity contribution in [1.82, 2.24) is 15.2 Å². The summed E-state index contributed by atoms with van der Waals surface area (Å²) in [6, 6.07) is 1.10. The molecule has 0 radical (unpaired) electrons. The summed E-state index contributed by atoms with van der Waals surface area (Å²) in [6.07, 6.45) is 0. The molecule has 1 aromatic carbocycles.